The van der Waals surface area contributed by atoms with Crippen LogP contribution in [0.2, 0.25) is 0 Å². The number of carbonyl (C=O) groups is 1. The molecule has 0 aromatic rings. The van der Waals surface area contributed by atoms with Gasteiger partial charge < -0.3 is 16.2 Å². The quantitative estimate of drug-likeness (QED) is 0.562. The van der Waals surface area contributed by atoms with Crippen LogP contribution in [0, 0.1) is 0 Å². The molecular formula is C8H12N2O2. The summed E-state index contributed by atoms with van der Waals surface area (Å²) in [7, 11) is 0. The second-order valence-electron chi connectivity index (χ2n) is 2.69. The van der Waals surface area contributed by atoms with Crippen LogP contribution >= 0.6 is 0 Å². The summed E-state index contributed by atoms with van der Waals surface area (Å²) in [5, 5.41) is 11.3. The zero-order valence-electron chi connectivity index (χ0n) is 6.71. The van der Waals surface area contributed by atoms with Crippen LogP contribution in [-0.2, 0) is 4.79 Å². The lowest BCUT2D eigenvalue weighted by Gasteiger charge is -2.13. The molecule has 0 aromatic heterocycles. The molecule has 1 aliphatic heterocycles. The number of dihydropyridines is 1. The molecule has 1 aliphatic rings. The Morgan fingerprint density at radius 1 is 1.67 bits per heavy atom. The number of hydrogen-bond donors (Lipinski definition) is 3. The van der Waals surface area contributed by atoms with Crippen molar-refractivity contribution in [1.29, 1.82) is 0 Å². The van der Waals surface area contributed by atoms with Gasteiger partial charge in [0.05, 0.1) is 5.82 Å². The van der Waals surface area contributed by atoms with Crippen molar-refractivity contribution >= 4 is 5.97 Å². The Hall–Kier alpha value is -1.45. The number of carboxylic acids is 1. The van der Waals surface area contributed by atoms with Crippen LogP contribution < -0.4 is 11.1 Å². The molecule has 1 heterocycles. The topological polar surface area (TPSA) is 75.4 Å². The largest absolute Gasteiger partial charge is 0.481 e. The Morgan fingerprint density at radius 2 is 2.42 bits per heavy atom. The molecule has 4 heteroatoms. The highest BCUT2D eigenvalue weighted by Crippen LogP contribution is 2.07. The second kappa shape index (κ2) is 3.80. The van der Waals surface area contributed by atoms with E-state index < -0.39 is 5.97 Å². The van der Waals surface area contributed by atoms with E-state index in [0.29, 0.717) is 18.8 Å². The molecule has 0 aromatic carbocycles. The van der Waals surface area contributed by atoms with E-state index in [2.05, 4.69) is 5.32 Å². The van der Waals surface area contributed by atoms with E-state index in [1.54, 1.807) is 6.08 Å². The summed E-state index contributed by atoms with van der Waals surface area (Å²) in [4.78, 5) is 10.2. The average Bonchev–Trinajstić information content (AvgIpc) is 2.03. The van der Waals surface area contributed by atoms with Crippen molar-refractivity contribution in [2.24, 2.45) is 5.73 Å². The Bertz CT molecular complexity index is 243. The van der Waals surface area contributed by atoms with Crippen molar-refractivity contribution in [2.75, 3.05) is 6.54 Å². The van der Waals surface area contributed by atoms with Crippen LogP contribution in [0.4, 0.5) is 0 Å². The fourth-order valence-corrected chi connectivity index (χ4v) is 0.980. The van der Waals surface area contributed by atoms with E-state index >= 15 is 0 Å². The molecule has 1 rings (SSSR count). The van der Waals surface area contributed by atoms with Crippen molar-refractivity contribution in [2.45, 2.75) is 12.8 Å². The summed E-state index contributed by atoms with van der Waals surface area (Å²) in [6.07, 6.45) is 4.39. The zero-order valence-corrected chi connectivity index (χ0v) is 6.71. The molecule has 0 aliphatic carbocycles. The minimum atomic E-state index is -0.765. The van der Waals surface area contributed by atoms with E-state index in [0.717, 1.165) is 5.57 Å². The van der Waals surface area contributed by atoms with Gasteiger partial charge in [0.15, 0.2) is 0 Å². The lowest BCUT2D eigenvalue weighted by molar-refractivity contribution is -0.136. The highest BCUT2D eigenvalue weighted by molar-refractivity contribution is 5.67. The van der Waals surface area contributed by atoms with Crippen LogP contribution in [0.5, 0.6) is 0 Å². The van der Waals surface area contributed by atoms with Crippen LogP contribution in [-0.4, -0.2) is 17.6 Å². The van der Waals surface area contributed by atoms with Crippen LogP contribution in [0.25, 0.3) is 0 Å². The van der Waals surface area contributed by atoms with Crippen LogP contribution in [0.3, 0.4) is 0 Å². The van der Waals surface area contributed by atoms with E-state index in [-0.39, 0.29) is 6.42 Å². The molecule has 0 atom stereocenters. The highest BCUT2D eigenvalue weighted by atomic mass is 16.4. The maximum atomic E-state index is 10.2. The van der Waals surface area contributed by atoms with Crippen molar-refractivity contribution in [1.82, 2.24) is 5.32 Å². The van der Waals surface area contributed by atoms with Gasteiger partial charge in [0.2, 0.25) is 0 Å². The Kier molecular flexibility index (Phi) is 2.74. The second-order valence-corrected chi connectivity index (χ2v) is 2.69. The van der Waals surface area contributed by atoms with Gasteiger partial charge >= 0.3 is 5.97 Å². The number of nitrogens with one attached hydrogen (secondary N) is 1. The molecule has 0 saturated heterocycles. The minimum Gasteiger partial charge on any atom is -0.481 e. The summed E-state index contributed by atoms with van der Waals surface area (Å²) in [5.41, 5.74) is 6.52. The predicted octanol–water partition coefficient (Wildman–Crippen LogP) is 0.181. The van der Waals surface area contributed by atoms with Gasteiger partial charge in [0, 0.05) is 13.0 Å². The molecule has 4 nitrogen and oxygen atoms in total. The molecular weight excluding hydrogens is 156 g/mol. The average molecular weight is 168 g/mol. The van der Waals surface area contributed by atoms with Gasteiger partial charge in [0.1, 0.15) is 0 Å². The Morgan fingerprint density at radius 3 is 2.92 bits per heavy atom. The van der Waals surface area contributed by atoms with Gasteiger partial charge in [-0.05, 0) is 12.5 Å². The van der Waals surface area contributed by atoms with Gasteiger partial charge in [-0.2, -0.15) is 0 Å². The first kappa shape index (κ1) is 8.64. The smallest absolute Gasteiger partial charge is 0.303 e. The SMILES string of the molecule is NC1=CC=C(CCC(=O)O)CN1. The molecule has 0 unspecified atom stereocenters. The predicted molar refractivity (Wildman–Crippen MR) is 45.2 cm³/mol. The number of aliphatic carboxylic acids is 1. The molecule has 4 N–H and O–H groups in total. The lowest BCUT2D eigenvalue weighted by Crippen LogP contribution is -2.25. The third kappa shape index (κ3) is 2.65. The van der Waals surface area contributed by atoms with Gasteiger partial charge in [-0.25, -0.2) is 0 Å². The molecule has 0 spiro atoms. The summed E-state index contributed by atoms with van der Waals surface area (Å²) in [6.45, 7) is 0.662. The fourth-order valence-electron chi connectivity index (χ4n) is 0.980. The Labute approximate surface area is 70.8 Å². The summed E-state index contributed by atoms with van der Waals surface area (Å²) in [5.74, 6) is -0.132. The maximum absolute atomic E-state index is 10.2. The van der Waals surface area contributed by atoms with Crippen LogP contribution in [0.1, 0.15) is 12.8 Å². The first-order valence-corrected chi connectivity index (χ1v) is 3.79. The first-order valence-electron chi connectivity index (χ1n) is 3.79. The van der Waals surface area contributed by atoms with Crippen LogP contribution in [0.15, 0.2) is 23.5 Å². The summed E-state index contributed by atoms with van der Waals surface area (Å²) in [6, 6.07) is 0. The summed E-state index contributed by atoms with van der Waals surface area (Å²) >= 11 is 0. The fraction of sp³-hybridized carbons (Fsp3) is 0.375. The van der Waals surface area contributed by atoms with Crippen molar-refractivity contribution < 1.29 is 9.90 Å². The standard InChI is InChI=1S/C8H12N2O2/c9-7-3-1-6(5-10-7)2-4-8(11)12/h1,3,10H,2,4-5,9H2,(H,11,12). The minimum absolute atomic E-state index is 0.182. The third-order valence-electron chi connectivity index (χ3n) is 1.68. The molecule has 0 radical (unpaired) electrons. The molecule has 0 amide bonds. The lowest BCUT2D eigenvalue weighted by atomic mass is 10.1. The number of allylic oxidation sites excluding steroid dienone is 2. The van der Waals surface area contributed by atoms with Gasteiger partial charge in [0.25, 0.3) is 0 Å². The number of nitrogens with two attached hydrogens (primary N) is 1. The van der Waals surface area contributed by atoms with E-state index in [1.165, 1.54) is 0 Å². The van der Waals surface area contributed by atoms with E-state index in [4.69, 9.17) is 10.8 Å². The van der Waals surface area contributed by atoms with Crippen molar-refractivity contribution in [3.63, 3.8) is 0 Å². The molecule has 0 saturated carbocycles. The van der Waals surface area contributed by atoms with Crippen molar-refractivity contribution in [3.8, 4) is 0 Å². The van der Waals surface area contributed by atoms with Gasteiger partial charge in [-0.15, -0.1) is 0 Å². The normalized spacial score (nSPS) is 16.0. The first-order chi connectivity index (χ1) is 5.68. The Balaban J connectivity index is 2.39. The molecule has 0 fully saturated rings. The number of carboxylic acid groups (broad SMARTS) is 1. The van der Waals surface area contributed by atoms with Gasteiger partial charge in [-0.3, -0.25) is 4.79 Å². The molecule has 12 heavy (non-hydrogen) atoms. The van der Waals surface area contributed by atoms with Crippen molar-refractivity contribution in [3.05, 3.63) is 23.5 Å². The monoisotopic (exact) mass is 168 g/mol. The van der Waals surface area contributed by atoms with Gasteiger partial charge in [-0.1, -0.05) is 11.6 Å². The third-order valence-corrected chi connectivity index (χ3v) is 1.68. The van der Waals surface area contributed by atoms with E-state index in [9.17, 15) is 4.79 Å². The highest BCUT2D eigenvalue weighted by Gasteiger charge is 2.04. The van der Waals surface area contributed by atoms with E-state index in [1.807, 2.05) is 6.08 Å². The number of hydrogen-bond acceptors (Lipinski definition) is 3. The molecule has 66 valence electrons. The molecule has 0 bridgehead atoms. The number of rotatable bonds is 3. The summed E-state index contributed by atoms with van der Waals surface area (Å²) < 4.78 is 0. The zero-order chi connectivity index (χ0) is 8.97. The maximum Gasteiger partial charge on any atom is 0.303 e.